The van der Waals surface area contributed by atoms with Gasteiger partial charge in [0.25, 0.3) is 0 Å². The van der Waals surface area contributed by atoms with Crippen molar-refractivity contribution in [3.05, 3.63) is 36.6 Å². The lowest BCUT2D eigenvalue weighted by molar-refractivity contribution is 0.360. The molecular formula is C9H6Br4O. The van der Waals surface area contributed by atoms with Crippen molar-refractivity contribution in [1.29, 1.82) is 0 Å². The molecule has 0 fully saturated rings. The van der Waals surface area contributed by atoms with Gasteiger partial charge >= 0.3 is 0 Å². The largest absolute Gasteiger partial charge is 0.488 e. The molecule has 76 valence electrons. The van der Waals surface area contributed by atoms with E-state index in [0.717, 1.165) is 18.1 Å². The van der Waals surface area contributed by atoms with Crippen LogP contribution in [-0.2, 0) is 0 Å². The summed E-state index contributed by atoms with van der Waals surface area (Å²) in [6.45, 7) is 0.494. The normalized spacial score (nSPS) is 9.71. The minimum absolute atomic E-state index is 0.494. The fourth-order valence-electron chi connectivity index (χ4n) is 0.732. The summed E-state index contributed by atoms with van der Waals surface area (Å²) >= 11 is 13.3. The highest BCUT2D eigenvalue weighted by Crippen LogP contribution is 2.24. The zero-order valence-corrected chi connectivity index (χ0v) is 13.3. The molecule has 0 aliphatic rings. The maximum Gasteiger partial charge on any atom is 0.121 e. The maximum absolute atomic E-state index is 5.50. The Morgan fingerprint density at radius 2 is 1.64 bits per heavy atom. The Kier molecular flexibility index (Phi) is 5.74. The second kappa shape index (κ2) is 6.30. The summed E-state index contributed by atoms with van der Waals surface area (Å²) in [7, 11) is 0. The van der Waals surface area contributed by atoms with Gasteiger partial charge < -0.3 is 4.74 Å². The molecule has 0 saturated carbocycles. The van der Waals surface area contributed by atoms with Crippen LogP contribution in [0, 0.1) is 0 Å². The van der Waals surface area contributed by atoms with E-state index < -0.39 is 0 Å². The third kappa shape index (κ3) is 4.47. The molecule has 0 aliphatic carbocycles. The smallest absolute Gasteiger partial charge is 0.121 e. The van der Waals surface area contributed by atoms with E-state index in [4.69, 9.17) is 4.74 Å². The lowest BCUT2D eigenvalue weighted by Crippen LogP contribution is -1.96. The maximum atomic E-state index is 5.50. The van der Waals surface area contributed by atoms with Gasteiger partial charge in [0.15, 0.2) is 0 Å². The van der Waals surface area contributed by atoms with E-state index in [1.807, 2.05) is 24.3 Å². The topological polar surface area (TPSA) is 9.23 Å². The van der Waals surface area contributed by atoms with Crippen molar-refractivity contribution < 1.29 is 4.74 Å². The van der Waals surface area contributed by atoms with Gasteiger partial charge in [-0.25, -0.2) is 0 Å². The number of hydrogen-bond donors (Lipinski definition) is 0. The average Bonchev–Trinajstić information content (AvgIpc) is 2.16. The average molecular weight is 450 g/mol. The second-order valence-electron chi connectivity index (χ2n) is 2.41. The van der Waals surface area contributed by atoms with Gasteiger partial charge in [0.05, 0.1) is 7.87 Å². The molecule has 0 aromatic heterocycles. The van der Waals surface area contributed by atoms with E-state index in [9.17, 15) is 0 Å². The first-order valence-electron chi connectivity index (χ1n) is 3.67. The third-order valence-electron chi connectivity index (χ3n) is 1.38. The quantitative estimate of drug-likeness (QED) is 0.618. The van der Waals surface area contributed by atoms with Gasteiger partial charge in [-0.1, -0.05) is 31.9 Å². The van der Waals surface area contributed by atoms with Crippen LogP contribution in [0.1, 0.15) is 0 Å². The Morgan fingerprint density at radius 3 is 2.14 bits per heavy atom. The van der Waals surface area contributed by atoms with Crippen molar-refractivity contribution in [3.8, 4) is 5.75 Å². The summed E-state index contributed by atoms with van der Waals surface area (Å²) < 4.78 is 8.34. The van der Waals surface area contributed by atoms with Crippen molar-refractivity contribution >= 4 is 63.7 Å². The molecule has 0 unspecified atom stereocenters. The molecule has 0 heterocycles. The van der Waals surface area contributed by atoms with Crippen LogP contribution in [0.3, 0.4) is 0 Å². The standard InChI is InChI=1S/C9H6Br4O/c10-6-1-3-7(4-2-6)14-5-8(11)9(12)13/h1-4H,5H2. The number of halogens is 4. The first-order chi connectivity index (χ1) is 6.59. The van der Waals surface area contributed by atoms with Crippen LogP contribution in [0.5, 0.6) is 5.75 Å². The minimum Gasteiger partial charge on any atom is -0.488 e. The van der Waals surface area contributed by atoms with E-state index in [-0.39, 0.29) is 0 Å². The molecule has 0 aliphatic heterocycles. The summed E-state index contributed by atoms with van der Waals surface area (Å²) in [4.78, 5) is 0. The molecule has 0 bridgehead atoms. The number of benzene rings is 1. The van der Waals surface area contributed by atoms with Gasteiger partial charge in [0, 0.05) is 4.47 Å². The fourth-order valence-corrected chi connectivity index (χ4v) is 1.34. The molecule has 1 rings (SSSR count). The second-order valence-corrected chi connectivity index (χ2v) is 6.93. The Labute approximate surface area is 116 Å². The predicted molar refractivity (Wildman–Crippen MR) is 73.4 cm³/mol. The molecule has 0 amide bonds. The van der Waals surface area contributed by atoms with Crippen LogP contribution in [-0.4, -0.2) is 6.61 Å². The highest BCUT2D eigenvalue weighted by molar-refractivity contribution is 9.29. The zero-order chi connectivity index (χ0) is 10.6. The van der Waals surface area contributed by atoms with Gasteiger partial charge in [0.1, 0.15) is 12.4 Å². The van der Waals surface area contributed by atoms with Gasteiger partial charge in [-0.15, -0.1) is 0 Å². The van der Waals surface area contributed by atoms with Crippen LogP contribution >= 0.6 is 63.7 Å². The molecular weight excluding hydrogens is 444 g/mol. The van der Waals surface area contributed by atoms with Crippen molar-refractivity contribution in [1.82, 2.24) is 0 Å². The minimum atomic E-state index is 0.494. The van der Waals surface area contributed by atoms with Crippen molar-refractivity contribution in [2.24, 2.45) is 0 Å². The van der Waals surface area contributed by atoms with E-state index >= 15 is 0 Å². The summed E-state index contributed by atoms with van der Waals surface area (Å²) in [6.07, 6.45) is 0. The Morgan fingerprint density at radius 1 is 1.07 bits per heavy atom. The van der Waals surface area contributed by atoms with Gasteiger partial charge in [-0.2, -0.15) is 0 Å². The summed E-state index contributed by atoms with van der Waals surface area (Å²) in [5.74, 6) is 0.839. The van der Waals surface area contributed by atoms with Crippen LogP contribution < -0.4 is 4.74 Å². The summed E-state index contributed by atoms with van der Waals surface area (Å²) in [5.41, 5.74) is 0. The number of ether oxygens (including phenoxy) is 1. The van der Waals surface area contributed by atoms with Gasteiger partial charge in [-0.05, 0) is 56.1 Å². The van der Waals surface area contributed by atoms with Crippen LogP contribution in [0.2, 0.25) is 0 Å². The van der Waals surface area contributed by atoms with E-state index in [2.05, 4.69) is 63.7 Å². The van der Waals surface area contributed by atoms with Crippen molar-refractivity contribution in [2.75, 3.05) is 6.61 Å². The first-order valence-corrected chi connectivity index (χ1v) is 6.85. The van der Waals surface area contributed by atoms with E-state index in [0.29, 0.717) is 6.61 Å². The lowest BCUT2D eigenvalue weighted by atomic mass is 10.3. The number of hydrogen-bond acceptors (Lipinski definition) is 1. The fraction of sp³-hybridized carbons (Fsp3) is 0.111. The molecule has 0 atom stereocenters. The third-order valence-corrected chi connectivity index (χ3v) is 4.56. The molecule has 0 spiro atoms. The molecule has 1 aromatic rings. The number of rotatable bonds is 3. The van der Waals surface area contributed by atoms with Crippen molar-refractivity contribution in [2.45, 2.75) is 0 Å². The highest BCUT2D eigenvalue weighted by Gasteiger charge is 1.99. The molecule has 1 aromatic carbocycles. The molecule has 5 heteroatoms. The lowest BCUT2D eigenvalue weighted by Gasteiger charge is -2.05. The molecule has 0 radical (unpaired) electrons. The molecule has 14 heavy (non-hydrogen) atoms. The Bertz CT molecular complexity index is 327. The van der Waals surface area contributed by atoms with Crippen LogP contribution in [0.4, 0.5) is 0 Å². The molecule has 0 N–H and O–H groups in total. The summed E-state index contributed by atoms with van der Waals surface area (Å²) in [6, 6.07) is 7.70. The van der Waals surface area contributed by atoms with Crippen LogP contribution in [0.25, 0.3) is 0 Å². The van der Waals surface area contributed by atoms with E-state index in [1.165, 1.54) is 0 Å². The monoisotopic (exact) mass is 446 g/mol. The van der Waals surface area contributed by atoms with Gasteiger partial charge in [-0.3, -0.25) is 0 Å². The Hall–Kier alpha value is 0.680. The molecule has 1 nitrogen and oxygen atoms in total. The van der Waals surface area contributed by atoms with Gasteiger partial charge in [0.2, 0.25) is 0 Å². The van der Waals surface area contributed by atoms with E-state index in [1.54, 1.807) is 0 Å². The van der Waals surface area contributed by atoms with Crippen LogP contribution in [0.15, 0.2) is 36.6 Å². The Balaban J connectivity index is 2.54. The zero-order valence-electron chi connectivity index (χ0n) is 6.94. The first kappa shape index (κ1) is 12.7. The predicted octanol–water partition coefficient (Wildman–Crippen LogP) is 5.18. The highest BCUT2D eigenvalue weighted by atomic mass is 79.9. The SMILES string of the molecule is BrC(Br)=C(Br)COc1ccc(Br)cc1. The summed E-state index contributed by atoms with van der Waals surface area (Å²) in [5, 5.41) is 0. The molecule has 0 saturated heterocycles. The van der Waals surface area contributed by atoms with Crippen molar-refractivity contribution in [3.63, 3.8) is 0 Å².